The van der Waals surface area contributed by atoms with Gasteiger partial charge in [-0.15, -0.1) is 0 Å². The van der Waals surface area contributed by atoms with Crippen LogP contribution in [0.5, 0.6) is 0 Å². The molecule has 1 unspecified atom stereocenters. The zero-order valence-electron chi connectivity index (χ0n) is 18.1. The monoisotopic (exact) mass is 442 g/mol. The fraction of sp³-hybridized carbons (Fsp3) is 0.292. The molecule has 2 aromatic carbocycles. The highest BCUT2D eigenvalue weighted by molar-refractivity contribution is 6.11. The summed E-state index contributed by atoms with van der Waals surface area (Å²) in [6.45, 7) is 0.627. The number of hydrogen-bond donors (Lipinski definition) is 1. The van der Waals surface area contributed by atoms with E-state index >= 15 is 0 Å². The van der Waals surface area contributed by atoms with Crippen molar-refractivity contribution in [3.63, 3.8) is 0 Å². The lowest BCUT2D eigenvalue weighted by atomic mass is 9.92. The number of urea groups is 1. The molecule has 0 saturated carbocycles. The molecule has 1 spiro atoms. The Morgan fingerprint density at radius 3 is 2.48 bits per heavy atom. The molecule has 3 aromatic rings. The number of likely N-dealkylation sites (N-methyl/N-ethyl adjacent to an activating group) is 1. The van der Waals surface area contributed by atoms with Gasteiger partial charge in [-0.3, -0.25) is 19.4 Å². The highest BCUT2D eigenvalue weighted by Gasteiger charge is 2.55. The topological polar surface area (TPSA) is 98.7 Å². The number of nitrogens with zero attached hydrogens (tertiary/aromatic N) is 5. The lowest BCUT2D eigenvalue weighted by Crippen LogP contribution is -2.49. The minimum atomic E-state index is -1.08. The van der Waals surface area contributed by atoms with Gasteiger partial charge in [0.05, 0.1) is 11.0 Å². The van der Waals surface area contributed by atoms with Gasteiger partial charge in [0.25, 0.3) is 5.91 Å². The molecule has 3 heterocycles. The molecule has 1 fully saturated rings. The molecule has 0 radical (unpaired) electrons. The number of rotatable bonds is 2. The molecule has 1 saturated heterocycles. The maximum Gasteiger partial charge on any atom is 0.325 e. The molecule has 6 rings (SSSR count). The van der Waals surface area contributed by atoms with E-state index in [-0.39, 0.29) is 18.4 Å². The summed E-state index contributed by atoms with van der Waals surface area (Å²) in [6.07, 6.45) is 1.20. The summed E-state index contributed by atoms with van der Waals surface area (Å²) in [5, 5.41) is 2.87. The number of hydrogen-bond acceptors (Lipinski definition) is 6. The Labute approximate surface area is 190 Å². The summed E-state index contributed by atoms with van der Waals surface area (Å²) in [6, 6.07) is 14.6. The van der Waals surface area contributed by atoms with Crippen LogP contribution in [0.4, 0.5) is 16.4 Å². The van der Waals surface area contributed by atoms with Gasteiger partial charge >= 0.3 is 6.03 Å². The first-order valence-corrected chi connectivity index (χ1v) is 11.0. The summed E-state index contributed by atoms with van der Waals surface area (Å²) in [5.41, 5.74) is 2.22. The molecule has 1 atom stereocenters. The molecule has 4 amide bonds. The number of para-hydroxylation sites is 2. The quantitative estimate of drug-likeness (QED) is 0.608. The molecule has 9 nitrogen and oxygen atoms in total. The van der Waals surface area contributed by atoms with Crippen molar-refractivity contribution in [3.8, 4) is 0 Å². The Balaban J connectivity index is 1.31. The zero-order valence-corrected chi connectivity index (χ0v) is 18.1. The van der Waals surface area contributed by atoms with Gasteiger partial charge < -0.3 is 10.2 Å². The Bertz CT molecular complexity index is 1340. The third kappa shape index (κ3) is 2.81. The zero-order chi connectivity index (χ0) is 22.7. The van der Waals surface area contributed by atoms with E-state index in [0.717, 1.165) is 21.5 Å². The van der Waals surface area contributed by atoms with E-state index in [9.17, 15) is 14.4 Å². The standard InChI is InChI=1S/C24H22N6O3/c1-28-12-13-29(21-20(28)25-17-8-4-5-9-18(17)26-21)19(31)14-30-22(32)24(27-23(30)33)11-10-15-6-2-3-7-16(15)24/h2-9H,10-14H2,1H3,(H,27,33). The van der Waals surface area contributed by atoms with Crippen molar-refractivity contribution in [1.82, 2.24) is 20.2 Å². The third-order valence-electron chi connectivity index (χ3n) is 6.83. The van der Waals surface area contributed by atoms with Gasteiger partial charge in [-0.1, -0.05) is 36.4 Å². The number of aromatic nitrogens is 2. The summed E-state index contributed by atoms with van der Waals surface area (Å²) in [4.78, 5) is 53.5. The van der Waals surface area contributed by atoms with Crippen LogP contribution >= 0.6 is 0 Å². The number of carbonyl (C=O) groups excluding carboxylic acids is 3. The number of amides is 4. The Morgan fingerprint density at radius 2 is 1.70 bits per heavy atom. The normalized spacial score (nSPS) is 21.5. The second kappa shape index (κ2) is 6.99. The molecular formula is C24H22N6O3. The fourth-order valence-electron chi connectivity index (χ4n) is 5.08. The highest BCUT2D eigenvalue weighted by atomic mass is 16.2. The van der Waals surface area contributed by atoms with Gasteiger partial charge in [-0.2, -0.15) is 0 Å². The third-order valence-corrected chi connectivity index (χ3v) is 6.83. The van der Waals surface area contributed by atoms with Gasteiger partial charge in [0, 0.05) is 20.1 Å². The molecule has 166 valence electrons. The van der Waals surface area contributed by atoms with Gasteiger partial charge in [-0.25, -0.2) is 14.8 Å². The SMILES string of the molecule is CN1CCN(C(=O)CN2C(=O)NC3(CCc4ccccc43)C2=O)c2nc3ccccc3nc21. The van der Waals surface area contributed by atoms with Crippen molar-refractivity contribution < 1.29 is 14.4 Å². The van der Waals surface area contributed by atoms with E-state index in [4.69, 9.17) is 0 Å². The first kappa shape index (κ1) is 19.7. The van der Waals surface area contributed by atoms with Crippen molar-refractivity contribution in [2.24, 2.45) is 0 Å². The predicted molar refractivity (Wildman–Crippen MR) is 122 cm³/mol. The average molecular weight is 442 g/mol. The molecule has 3 aliphatic rings. The van der Waals surface area contributed by atoms with E-state index in [1.807, 2.05) is 60.5 Å². The van der Waals surface area contributed by atoms with Crippen molar-refractivity contribution in [2.45, 2.75) is 18.4 Å². The Hall–Kier alpha value is -4.01. The number of imide groups is 1. The number of nitrogens with one attached hydrogen (secondary N) is 1. The first-order valence-electron chi connectivity index (χ1n) is 11.0. The lowest BCUT2D eigenvalue weighted by Gasteiger charge is -2.34. The summed E-state index contributed by atoms with van der Waals surface area (Å²) < 4.78 is 0. The minimum Gasteiger partial charge on any atom is -0.355 e. The fourth-order valence-corrected chi connectivity index (χ4v) is 5.08. The van der Waals surface area contributed by atoms with E-state index in [0.29, 0.717) is 43.1 Å². The van der Waals surface area contributed by atoms with Crippen LogP contribution in [-0.4, -0.2) is 59.4 Å². The van der Waals surface area contributed by atoms with Crippen LogP contribution in [0, 0.1) is 0 Å². The van der Waals surface area contributed by atoms with E-state index < -0.39 is 11.6 Å². The van der Waals surface area contributed by atoms with E-state index in [1.54, 1.807) is 0 Å². The maximum atomic E-state index is 13.4. The molecule has 1 N–H and O–H groups in total. The van der Waals surface area contributed by atoms with Crippen molar-refractivity contribution in [3.05, 3.63) is 59.7 Å². The Kier molecular flexibility index (Phi) is 4.17. The van der Waals surface area contributed by atoms with Crippen LogP contribution in [0.3, 0.4) is 0 Å². The molecule has 33 heavy (non-hydrogen) atoms. The van der Waals surface area contributed by atoms with Gasteiger partial charge in [-0.05, 0) is 36.1 Å². The van der Waals surface area contributed by atoms with E-state index in [1.165, 1.54) is 4.90 Å². The molecular weight excluding hydrogens is 420 g/mol. The lowest BCUT2D eigenvalue weighted by molar-refractivity contribution is -0.134. The molecule has 0 bridgehead atoms. The van der Waals surface area contributed by atoms with Crippen molar-refractivity contribution >= 4 is 40.5 Å². The van der Waals surface area contributed by atoms with Crippen LogP contribution < -0.4 is 15.1 Å². The second-order valence-corrected chi connectivity index (χ2v) is 8.71. The van der Waals surface area contributed by atoms with Crippen LogP contribution in [0.15, 0.2) is 48.5 Å². The van der Waals surface area contributed by atoms with Crippen LogP contribution in [0.25, 0.3) is 11.0 Å². The molecule has 2 aliphatic heterocycles. The second-order valence-electron chi connectivity index (χ2n) is 8.71. The summed E-state index contributed by atoms with van der Waals surface area (Å²) in [7, 11) is 1.91. The van der Waals surface area contributed by atoms with E-state index in [2.05, 4.69) is 15.3 Å². The summed E-state index contributed by atoms with van der Waals surface area (Å²) in [5.74, 6) is 0.317. The number of benzene rings is 2. The number of fused-ring (bicyclic) bond motifs is 4. The first-order chi connectivity index (χ1) is 16.0. The molecule has 1 aliphatic carbocycles. The van der Waals surface area contributed by atoms with Crippen LogP contribution in [-0.2, 0) is 21.5 Å². The summed E-state index contributed by atoms with van der Waals surface area (Å²) >= 11 is 0. The molecule has 9 heteroatoms. The van der Waals surface area contributed by atoms with Gasteiger partial charge in [0.1, 0.15) is 12.1 Å². The van der Waals surface area contributed by atoms with Crippen LogP contribution in [0.2, 0.25) is 0 Å². The number of aryl methyl sites for hydroxylation is 1. The smallest absolute Gasteiger partial charge is 0.325 e. The molecule has 1 aromatic heterocycles. The van der Waals surface area contributed by atoms with Crippen molar-refractivity contribution in [1.29, 1.82) is 0 Å². The minimum absolute atomic E-state index is 0.341. The maximum absolute atomic E-state index is 13.4. The van der Waals surface area contributed by atoms with Crippen LogP contribution in [0.1, 0.15) is 17.5 Å². The van der Waals surface area contributed by atoms with Crippen molar-refractivity contribution in [2.75, 3.05) is 36.5 Å². The number of carbonyl (C=O) groups is 3. The predicted octanol–water partition coefficient (Wildman–Crippen LogP) is 1.81. The highest BCUT2D eigenvalue weighted by Crippen LogP contribution is 2.41. The Morgan fingerprint density at radius 1 is 1.00 bits per heavy atom. The largest absolute Gasteiger partial charge is 0.355 e. The van der Waals surface area contributed by atoms with Gasteiger partial charge in [0.2, 0.25) is 5.91 Å². The average Bonchev–Trinajstić information content (AvgIpc) is 3.31. The van der Waals surface area contributed by atoms with Gasteiger partial charge in [0.15, 0.2) is 11.6 Å². The number of anilines is 2.